The van der Waals surface area contributed by atoms with E-state index in [1.165, 1.54) is 23.5 Å². The minimum atomic E-state index is -3.78. The molecule has 4 nitrogen and oxygen atoms in total. The highest BCUT2D eigenvalue weighted by molar-refractivity contribution is 9.10. The van der Waals surface area contributed by atoms with Crippen molar-refractivity contribution in [1.29, 1.82) is 0 Å². The van der Waals surface area contributed by atoms with Gasteiger partial charge in [-0.15, -0.1) is 10.8 Å². The first-order valence-electron chi connectivity index (χ1n) is 6.60. The molecule has 0 aliphatic heterocycles. The molecular weight excluding hydrogens is 396 g/mol. The van der Waals surface area contributed by atoms with Crippen molar-refractivity contribution in [2.45, 2.75) is 11.4 Å². The Morgan fingerprint density at radius 3 is 2.65 bits per heavy atom. The quantitative estimate of drug-likeness (QED) is 0.625. The molecule has 0 bridgehead atoms. The lowest BCUT2D eigenvalue weighted by atomic mass is 10.3. The molecule has 0 saturated heterocycles. The summed E-state index contributed by atoms with van der Waals surface area (Å²) >= 11 is 4.70. The topological polar surface area (TPSA) is 51.4 Å². The van der Waals surface area contributed by atoms with E-state index in [0.29, 0.717) is 4.80 Å². The summed E-state index contributed by atoms with van der Waals surface area (Å²) < 4.78 is 32.5. The van der Waals surface area contributed by atoms with Gasteiger partial charge < -0.3 is 4.57 Å². The number of nitrogens with zero attached hydrogens (tertiary/aromatic N) is 2. The van der Waals surface area contributed by atoms with Crippen LogP contribution in [0.15, 0.2) is 62.3 Å². The Morgan fingerprint density at radius 2 is 1.96 bits per heavy atom. The molecule has 0 fully saturated rings. The van der Waals surface area contributed by atoms with Gasteiger partial charge in [-0.05, 0) is 30.3 Å². The molecule has 0 aliphatic carbocycles. The summed E-state index contributed by atoms with van der Waals surface area (Å²) in [4.78, 5) is 0.519. The lowest BCUT2D eigenvalue weighted by Gasteiger charge is -2.00. The fraction of sp³-hybridized carbons (Fsp3) is 0.0625. The molecule has 0 saturated carbocycles. The summed E-state index contributed by atoms with van der Waals surface area (Å²) in [6.45, 7) is 0.255. The van der Waals surface area contributed by atoms with Gasteiger partial charge in [0.1, 0.15) is 0 Å². The van der Waals surface area contributed by atoms with Crippen molar-refractivity contribution in [2.75, 3.05) is 0 Å². The van der Waals surface area contributed by atoms with Crippen LogP contribution in [-0.4, -0.2) is 13.0 Å². The number of hydrogen-bond donors (Lipinski definition) is 0. The lowest BCUT2D eigenvalue weighted by molar-refractivity contribution is 0.596. The number of halogens is 1. The average Bonchev–Trinajstić information content (AvgIpc) is 2.84. The van der Waals surface area contributed by atoms with Crippen LogP contribution in [-0.2, 0) is 16.6 Å². The number of terminal acetylenes is 1. The smallest absolute Gasteiger partial charge is 0.285 e. The van der Waals surface area contributed by atoms with Gasteiger partial charge in [-0.25, -0.2) is 0 Å². The van der Waals surface area contributed by atoms with Gasteiger partial charge in [0, 0.05) is 4.47 Å². The monoisotopic (exact) mass is 406 g/mol. The molecule has 1 heterocycles. The van der Waals surface area contributed by atoms with Gasteiger partial charge in [0.15, 0.2) is 0 Å². The van der Waals surface area contributed by atoms with Gasteiger partial charge in [0.25, 0.3) is 10.0 Å². The maximum atomic E-state index is 12.5. The first-order chi connectivity index (χ1) is 11.0. The molecule has 0 aliphatic rings. The van der Waals surface area contributed by atoms with Crippen molar-refractivity contribution >= 4 is 47.5 Å². The molecule has 3 aromatic rings. The van der Waals surface area contributed by atoms with Gasteiger partial charge in [-0.3, -0.25) is 0 Å². The predicted octanol–water partition coefficient (Wildman–Crippen LogP) is 3.39. The molecule has 116 valence electrons. The zero-order valence-corrected chi connectivity index (χ0v) is 15.0. The van der Waals surface area contributed by atoms with Crippen molar-refractivity contribution in [3.63, 3.8) is 0 Å². The van der Waals surface area contributed by atoms with Gasteiger partial charge in [-0.2, -0.15) is 8.42 Å². The van der Waals surface area contributed by atoms with Gasteiger partial charge in [-0.1, -0.05) is 51.4 Å². The van der Waals surface area contributed by atoms with E-state index >= 15 is 0 Å². The Balaban J connectivity index is 2.27. The summed E-state index contributed by atoms with van der Waals surface area (Å²) in [6, 6.07) is 13.8. The molecule has 2 aromatic carbocycles. The second kappa shape index (κ2) is 6.32. The van der Waals surface area contributed by atoms with Crippen LogP contribution in [0.25, 0.3) is 10.2 Å². The maximum Gasteiger partial charge on any atom is 0.285 e. The van der Waals surface area contributed by atoms with E-state index in [9.17, 15) is 8.42 Å². The van der Waals surface area contributed by atoms with Crippen LogP contribution >= 0.6 is 27.3 Å². The molecular formula is C16H11BrN2O2S2. The second-order valence-corrected chi connectivity index (χ2v) is 8.20. The molecule has 0 amide bonds. The summed E-state index contributed by atoms with van der Waals surface area (Å²) in [6.07, 6.45) is 5.42. The number of hydrogen-bond acceptors (Lipinski definition) is 3. The summed E-state index contributed by atoms with van der Waals surface area (Å²) in [5.41, 5.74) is 0.859. The van der Waals surface area contributed by atoms with Gasteiger partial charge in [0.05, 0.1) is 21.7 Å². The minimum absolute atomic E-state index is 0.158. The van der Waals surface area contributed by atoms with Crippen molar-refractivity contribution in [2.24, 2.45) is 4.40 Å². The van der Waals surface area contributed by atoms with E-state index in [4.69, 9.17) is 6.42 Å². The SMILES string of the molecule is C#CCn1/c(=N/S(=O)(=O)c2ccccc2)sc2cc(Br)ccc21. The van der Waals surface area contributed by atoms with E-state index in [0.717, 1.165) is 14.7 Å². The van der Waals surface area contributed by atoms with Crippen LogP contribution in [0.1, 0.15) is 0 Å². The van der Waals surface area contributed by atoms with Crippen molar-refractivity contribution in [3.05, 3.63) is 57.8 Å². The molecule has 0 spiro atoms. The summed E-state index contributed by atoms with van der Waals surface area (Å²) in [7, 11) is -3.78. The highest BCUT2D eigenvalue weighted by atomic mass is 79.9. The molecule has 7 heteroatoms. The Bertz CT molecular complexity index is 1070. The van der Waals surface area contributed by atoms with E-state index < -0.39 is 10.0 Å². The van der Waals surface area contributed by atoms with Gasteiger partial charge in [0.2, 0.25) is 4.80 Å². The number of fused-ring (bicyclic) bond motifs is 1. The molecule has 0 radical (unpaired) electrons. The summed E-state index contributed by atoms with van der Waals surface area (Å²) in [5, 5.41) is 0. The predicted molar refractivity (Wildman–Crippen MR) is 95.5 cm³/mol. The highest BCUT2D eigenvalue weighted by Crippen LogP contribution is 2.22. The number of thiazole rings is 1. The maximum absolute atomic E-state index is 12.5. The van der Waals surface area contributed by atoms with E-state index in [-0.39, 0.29) is 11.4 Å². The third-order valence-electron chi connectivity index (χ3n) is 3.13. The third kappa shape index (κ3) is 3.24. The van der Waals surface area contributed by atoms with Crippen LogP contribution < -0.4 is 4.80 Å². The number of sulfonamides is 1. The minimum Gasteiger partial charge on any atom is -0.304 e. The third-order valence-corrected chi connectivity index (χ3v) is 6.06. The molecule has 1 aromatic heterocycles. The molecule has 23 heavy (non-hydrogen) atoms. The first kappa shape index (κ1) is 16.0. The fourth-order valence-corrected chi connectivity index (χ4v) is 4.91. The molecule has 0 atom stereocenters. The summed E-state index contributed by atoms with van der Waals surface area (Å²) in [5.74, 6) is 2.55. The Hall–Kier alpha value is -1.88. The standard InChI is InChI=1S/C16H11BrN2O2S2/c1-2-10-19-14-9-8-12(17)11-15(14)22-16(19)18-23(20,21)13-6-4-3-5-7-13/h1,3-9,11H,10H2/b18-16-. The largest absolute Gasteiger partial charge is 0.304 e. The Kier molecular flexibility index (Phi) is 4.39. The molecule has 0 unspecified atom stereocenters. The van der Waals surface area contributed by atoms with Crippen LogP contribution in [0.4, 0.5) is 0 Å². The van der Waals surface area contributed by atoms with E-state index in [2.05, 4.69) is 26.2 Å². The second-order valence-electron chi connectivity index (χ2n) is 4.67. The van der Waals surface area contributed by atoms with E-state index in [1.807, 2.05) is 18.2 Å². The first-order valence-corrected chi connectivity index (χ1v) is 9.64. The number of benzene rings is 2. The normalized spacial score (nSPS) is 12.4. The number of rotatable bonds is 3. The fourth-order valence-electron chi connectivity index (χ4n) is 2.11. The van der Waals surface area contributed by atoms with Crippen LogP contribution in [0.2, 0.25) is 0 Å². The van der Waals surface area contributed by atoms with Crippen molar-refractivity contribution in [1.82, 2.24) is 4.57 Å². The van der Waals surface area contributed by atoms with Crippen LogP contribution in [0, 0.1) is 12.3 Å². The van der Waals surface area contributed by atoms with Crippen molar-refractivity contribution < 1.29 is 8.42 Å². The highest BCUT2D eigenvalue weighted by Gasteiger charge is 2.14. The lowest BCUT2D eigenvalue weighted by Crippen LogP contribution is -2.16. The van der Waals surface area contributed by atoms with Crippen LogP contribution in [0.5, 0.6) is 0 Å². The van der Waals surface area contributed by atoms with Crippen LogP contribution in [0.3, 0.4) is 0 Å². The van der Waals surface area contributed by atoms with E-state index in [1.54, 1.807) is 22.8 Å². The Labute approximate surface area is 146 Å². The van der Waals surface area contributed by atoms with Gasteiger partial charge >= 0.3 is 0 Å². The zero-order valence-electron chi connectivity index (χ0n) is 11.8. The average molecular weight is 407 g/mol. The zero-order chi connectivity index (χ0) is 16.4. The van der Waals surface area contributed by atoms with Crippen molar-refractivity contribution in [3.8, 4) is 12.3 Å². The number of aromatic nitrogens is 1. The molecule has 3 rings (SSSR count). The molecule has 0 N–H and O–H groups in total. The Morgan fingerprint density at radius 1 is 1.22 bits per heavy atom.